The van der Waals surface area contributed by atoms with Gasteiger partial charge in [-0.2, -0.15) is 0 Å². The second-order valence-electron chi connectivity index (χ2n) is 7.80. The van der Waals surface area contributed by atoms with Crippen LogP contribution in [0.4, 0.5) is 0 Å². The van der Waals surface area contributed by atoms with Crippen LogP contribution in [-0.2, 0) is 4.74 Å². The first-order chi connectivity index (χ1) is 14.5. The van der Waals surface area contributed by atoms with Crippen molar-refractivity contribution in [3.8, 4) is 11.4 Å². The van der Waals surface area contributed by atoms with Crippen molar-refractivity contribution in [1.82, 2.24) is 20.2 Å². The lowest BCUT2D eigenvalue weighted by atomic mass is 10.0. The minimum absolute atomic E-state index is 0.0429. The molecule has 1 fully saturated rings. The summed E-state index contributed by atoms with van der Waals surface area (Å²) >= 11 is 6.23. The average Bonchev–Trinajstić information content (AvgIpc) is 3.14. The number of halogens is 1. The maximum atomic E-state index is 12.5. The molecule has 6 nitrogen and oxygen atoms in total. The van der Waals surface area contributed by atoms with Gasteiger partial charge in [0.2, 0.25) is 0 Å². The zero-order valence-electron chi connectivity index (χ0n) is 17.4. The number of nitrogens with zero attached hydrogens (tertiary/aromatic N) is 2. The normalized spacial score (nSPS) is 14.9. The second kappa shape index (κ2) is 9.16. The third-order valence-corrected chi connectivity index (χ3v) is 5.95. The number of amides is 1. The van der Waals surface area contributed by atoms with Gasteiger partial charge in [0.15, 0.2) is 0 Å². The molecule has 4 rings (SSSR count). The highest BCUT2D eigenvalue weighted by Crippen LogP contribution is 2.27. The Balaban J connectivity index is 1.39. The molecule has 30 heavy (non-hydrogen) atoms. The number of aryl methyl sites for hydroxylation is 2. The molecule has 0 saturated carbocycles. The highest BCUT2D eigenvalue weighted by Gasteiger charge is 2.13. The number of carbonyl (C=O) groups excluding carboxylic acids is 1. The van der Waals surface area contributed by atoms with Crippen molar-refractivity contribution in [3.05, 3.63) is 52.0 Å². The molecule has 2 heterocycles. The summed E-state index contributed by atoms with van der Waals surface area (Å²) in [5.74, 6) is 0.736. The maximum Gasteiger partial charge on any atom is 0.251 e. The zero-order chi connectivity index (χ0) is 21.1. The van der Waals surface area contributed by atoms with Gasteiger partial charge in [0, 0.05) is 35.8 Å². The maximum absolute atomic E-state index is 12.5. The predicted molar refractivity (Wildman–Crippen MR) is 120 cm³/mol. The van der Waals surface area contributed by atoms with Crippen molar-refractivity contribution in [2.24, 2.45) is 0 Å². The monoisotopic (exact) mass is 426 g/mol. The number of H-pyrrole nitrogens is 1. The Morgan fingerprint density at radius 3 is 2.77 bits per heavy atom. The average molecular weight is 427 g/mol. The van der Waals surface area contributed by atoms with Crippen molar-refractivity contribution in [3.63, 3.8) is 0 Å². The number of hydrogen-bond acceptors (Lipinski definition) is 4. The van der Waals surface area contributed by atoms with Crippen molar-refractivity contribution < 1.29 is 9.53 Å². The van der Waals surface area contributed by atoms with Crippen LogP contribution in [0.15, 0.2) is 30.3 Å². The predicted octanol–water partition coefficient (Wildman–Crippen LogP) is 3.95. The van der Waals surface area contributed by atoms with Gasteiger partial charge in [-0.25, -0.2) is 4.98 Å². The van der Waals surface area contributed by atoms with Gasteiger partial charge in [-0.3, -0.25) is 9.69 Å². The van der Waals surface area contributed by atoms with E-state index in [1.54, 1.807) is 0 Å². The van der Waals surface area contributed by atoms with Gasteiger partial charge in [-0.05, 0) is 62.2 Å². The number of fused-ring (bicyclic) bond motifs is 1. The molecular formula is C23H27ClN4O2. The molecule has 0 radical (unpaired) electrons. The summed E-state index contributed by atoms with van der Waals surface area (Å²) in [6.07, 6.45) is 0.934. The first kappa shape index (κ1) is 20.8. The van der Waals surface area contributed by atoms with E-state index in [0.29, 0.717) is 12.1 Å². The molecule has 1 aliphatic heterocycles. The van der Waals surface area contributed by atoms with E-state index in [1.165, 1.54) is 0 Å². The Kier molecular flexibility index (Phi) is 6.37. The van der Waals surface area contributed by atoms with E-state index in [2.05, 4.69) is 15.2 Å². The van der Waals surface area contributed by atoms with E-state index in [-0.39, 0.29) is 5.91 Å². The molecule has 0 atom stereocenters. The first-order valence-corrected chi connectivity index (χ1v) is 10.7. The minimum Gasteiger partial charge on any atom is -0.379 e. The van der Waals surface area contributed by atoms with E-state index in [1.807, 2.05) is 44.2 Å². The molecule has 0 spiro atoms. The third kappa shape index (κ3) is 4.67. The van der Waals surface area contributed by atoms with E-state index in [4.69, 9.17) is 21.3 Å². The molecule has 7 heteroatoms. The van der Waals surface area contributed by atoms with Crippen LogP contribution >= 0.6 is 11.6 Å². The lowest BCUT2D eigenvalue weighted by Gasteiger charge is -2.26. The summed E-state index contributed by atoms with van der Waals surface area (Å²) in [6.45, 7) is 9.17. The van der Waals surface area contributed by atoms with Crippen LogP contribution in [0.1, 0.15) is 27.9 Å². The van der Waals surface area contributed by atoms with Crippen molar-refractivity contribution >= 4 is 28.5 Å². The van der Waals surface area contributed by atoms with Crippen molar-refractivity contribution in [2.75, 3.05) is 39.4 Å². The summed E-state index contributed by atoms with van der Waals surface area (Å²) in [4.78, 5) is 22.9. The number of aromatic amines is 1. The lowest BCUT2D eigenvalue weighted by Crippen LogP contribution is -2.38. The van der Waals surface area contributed by atoms with Gasteiger partial charge < -0.3 is 15.0 Å². The fourth-order valence-corrected chi connectivity index (χ4v) is 3.93. The third-order valence-electron chi connectivity index (χ3n) is 5.55. The van der Waals surface area contributed by atoms with Gasteiger partial charge in [-0.1, -0.05) is 17.7 Å². The molecule has 1 saturated heterocycles. The van der Waals surface area contributed by atoms with Crippen LogP contribution in [0.2, 0.25) is 5.02 Å². The number of benzene rings is 2. The molecule has 3 aromatic rings. The number of rotatable bonds is 6. The second-order valence-corrected chi connectivity index (χ2v) is 8.20. The van der Waals surface area contributed by atoms with Crippen LogP contribution in [0.3, 0.4) is 0 Å². The Hall–Kier alpha value is -2.41. The van der Waals surface area contributed by atoms with Crippen LogP contribution in [0, 0.1) is 13.8 Å². The Morgan fingerprint density at radius 1 is 1.20 bits per heavy atom. The number of nitrogens with one attached hydrogen (secondary N) is 2. The number of aromatic nitrogens is 2. The highest BCUT2D eigenvalue weighted by molar-refractivity contribution is 6.32. The van der Waals surface area contributed by atoms with E-state index in [9.17, 15) is 4.79 Å². The zero-order valence-corrected chi connectivity index (χ0v) is 18.2. The van der Waals surface area contributed by atoms with E-state index in [0.717, 1.165) is 77.8 Å². The molecule has 1 aromatic heterocycles. The quantitative estimate of drug-likeness (QED) is 0.585. The fraction of sp³-hybridized carbons (Fsp3) is 0.391. The summed E-state index contributed by atoms with van der Waals surface area (Å²) < 4.78 is 5.36. The molecule has 2 aromatic carbocycles. The van der Waals surface area contributed by atoms with Crippen LogP contribution in [-0.4, -0.2) is 60.2 Å². The van der Waals surface area contributed by atoms with Gasteiger partial charge in [0.1, 0.15) is 5.82 Å². The minimum atomic E-state index is -0.0429. The SMILES string of the molecule is Cc1cc2nc(-c3ccc(C(=O)NCCCN4CCOCC4)cc3C)[nH]c2cc1Cl. The number of carbonyl (C=O) groups is 1. The molecule has 158 valence electrons. The van der Waals surface area contributed by atoms with Gasteiger partial charge >= 0.3 is 0 Å². The van der Waals surface area contributed by atoms with Crippen molar-refractivity contribution in [2.45, 2.75) is 20.3 Å². The number of hydrogen-bond donors (Lipinski definition) is 2. The Bertz CT molecular complexity index is 1020. The molecule has 2 N–H and O–H groups in total. The van der Waals surface area contributed by atoms with Crippen molar-refractivity contribution in [1.29, 1.82) is 0 Å². The van der Waals surface area contributed by atoms with Crippen LogP contribution < -0.4 is 5.32 Å². The molecule has 0 aliphatic carbocycles. The van der Waals surface area contributed by atoms with E-state index < -0.39 is 0 Å². The summed E-state index contributed by atoms with van der Waals surface area (Å²) in [5.41, 5.74) is 5.43. The molecule has 0 unspecified atom stereocenters. The molecular weight excluding hydrogens is 400 g/mol. The summed E-state index contributed by atoms with van der Waals surface area (Å²) in [6, 6.07) is 9.59. The molecule has 1 aliphatic rings. The summed E-state index contributed by atoms with van der Waals surface area (Å²) in [7, 11) is 0. The topological polar surface area (TPSA) is 70.2 Å². The summed E-state index contributed by atoms with van der Waals surface area (Å²) in [5, 5.41) is 3.74. The van der Waals surface area contributed by atoms with Gasteiger partial charge in [-0.15, -0.1) is 0 Å². The first-order valence-electron chi connectivity index (χ1n) is 10.4. The highest BCUT2D eigenvalue weighted by atomic mass is 35.5. The number of ether oxygens (including phenoxy) is 1. The number of morpholine rings is 1. The van der Waals surface area contributed by atoms with Gasteiger partial charge in [0.05, 0.1) is 24.2 Å². The fourth-order valence-electron chi connectivity index (χ4n) is 3.76. The molecule has 0 bridgehead atoms. The van der Waals surface area contributed by atoms with E-state index >= 15 is 0 Å². The molecule has 1 amide bonds. The standard InChI is InChI=1S/C23H27ClN4O2/c1-15-12-17(23(29)25-6-3-7-28-8-10-30-11-9-28)4-5-18(15)22-26-20-13-16(2)19(24)14-21(20)27-22/h4-5,12-14H,3,6-11H2,1-2H3,(H,25,29)(H,26,27). The Labute approximate surface area is 181 Å². The van der Waals surface area contributed by atoms with Crippen LogP contribution in [0.25, 0.3) is 22.4 Å². The lowest BCUT2D eigenvalue weighted by molar-refractivity contribution is 0.0374. The largest absolute Gasteiger partial charge is 0.379 e. The number of imidazole rings is 1. The smallest absolute Gasteiger partial charge is 0.251 e. The Morgan fingerprint density at radius 2 is 2.00 bits per heavy atom. The van der Waals surface area contributed by atoms with Gasteiger partial charge in [0.25, 0.3) is 5.91 Å². The van der Waals surface area contributed by atoms with Crippen LogP contribution in [0.5, 0.6) is 0 Å².